The summed E-state index contributed by atoms with van der Waals surface area (Å²) in [7, 11) is 0. The van der Waals surface area contributed by atoms with E-state index in [1.807, 2.05) is 65.9 Å². The Labute approximate surface area is 279 Å². The van der Waals surface area contributed by atoms with Gasteiger partial charge in [-0.05, 0) is 45.0 Å². The highest BCUT2D eigenvalue weighted by Crippen LogP contribution is 2.43. The van der Waals surface area contributed by atoms with Crippen LogP contribution < -0.4 is 0 Å². The molecule has 0 amide bonds. The van der Waals surface area contributed by atoms with Gasteiger partial charge in [0.25, 0.3) is 0 Å². The predicted molar refractivity (Wildman–Crippen MR) is 202 cm³/mol. The zero-order valence-corrected chi connectivity index (χ0v) is 27.4. The molecule has 0 bridgehead atoms. The topological polar surface area (TPSA) is 50.8 Å². The maximum atomic E-state index is 6.22. The van der Waals surface area contributed by atoms with Crippen LogP contribution in [-0.4, -0.2) is 18.2 Å². The van der Waals surface area contributed by atoms with Gasteiger partial charge in [0.15, 0.2) is 11.4 Å². The minimum absolute atomic E-state index is 0.590. The van der Waals surface area contributed by atoms with E-state index >= 15 is 0 Å². The first kappa shape index (κ1) is 27.3. The highest BCUT2D eigenvalue weighted by atomic mass is 127. The number of thiophene rings is 1. The van der Waals surface area contributed by atoms with E-state index in [1.54, 1.807) is 0 Å². The average Bonchev–Trinajstić information content (AvgIpc) is 3.74. The number of rotatable bonds is 5. The normalized spacial score (nSPS) is 13.3. The molecule has 6 heteroatoms. The number of benzene rings is 6. The van der Waals surface area contributed by atoms with E-state index in [0.29, 0.717) is 5.89 Å². The smallest absolute Gasteiger partial charge is 0.227 e. The van der Waals surface area contributed by atoms with E-state index in [4.69, 9.17) is 19.4 Å². The molecule has 0 spiro atoms. The Morgan fingerprint density at radius 3 is 2.02 bits per heavy atom. The first-order valence-corrected chi connectivity index (χ1v) is 18.0. The van der Waals surface area contributed by atoms with Crippen LogP contribution >= 0.6 is 32.1 Å². The summed E-state index contributed by atoms with van der Waals surface area (Å²) in [6.07, 6.45) is 0. The summed E-state index contributed by atoms with van der Waals surface area (Å²) < 4.78 is 11.0. The molecule has 0 aliphatic carbocycles. The summed E-state index contributed by atoms with van der Waals surface area (Å²) in [5.41, 5.74) is 8.24. The fraction of sp³-hybridized carbons (Fsp3) is 0. The van der Waals surface area contributed by atoms with Crippen molar-refractivity contribution in [1.29, 1.82) is 0 Å². The number of para-hydroxylation sites is 1. The Morgan fingerprint density at radius 2 is 1.24 bits per heavy atom. The molecule has 0 saturated heterocycles. The molecule has 218 valence electrons. The van der Waals surface area contributed by atoms with Crippen molar-refractivity contribution in [1.82, 2.24) is 4.98 Å². The Morgan fingerprint density at radius 1 is 0.543 bits per heavy atom. The molecule has 0 atom stereocenters. The van der Waals surface area contributed by atoms with Crippen LogP contribution in [0.4, 0.5) is 0 Å². The lowest BCUT2D eigenvalue weighted by molar-refractivity contribution is 0.620. The van der Waals surface area contributed by atoms with Gasteiger partial charge in [-0.1, -0.05) is 121 Å². The highest BCUT2D eigenvalue weighted by molar-refractivity contribution is 14.2. The molecule has 0 unspecified atom stereocenters. The number of halogens is 1. The lowest BCUT2D eigenvalue weighted by Gasteiger charge is -2.13. The number of amidine groups is 1. The molecule has 0 saturated carbocycles. The number of oxazole rings is 1. The fourth-order valence-corrected chi connectivity index (χ4v) is 9.65. The summed E-state index contributed by atoms with van der Waals surface area (Å²) in [6, 6.07) is 50.5. The molecule has 0 fully saturated rings. The van der Waals surface area contributed by atoms with E-state index in [0.717, 1.165) is 46.5 Å². The largest absolute Gasteiger partial charge is 0.436 e. The van der Waals surface area contributed by atoms with Gasteiger partial charge in [0, 0.05) is 53.6 Å². The Bertz CT molecular complexity index is 2470. The average molecular weight is 722 g/mol. The lowest BCUT2D eigenvalue weighted by atomic mass is 10.0. The summed E-state index contributed by atoms with van der Waals surface area (Å²) >= 11 is 1.24. The summed E-state index contributed by atoms with van der Waals surface area (Å²) in [5.74, 6) is 1.41. The summed E-state index contributed by atoms with van der Waals surface area (Å²) in [5, 5.41) is 2.50. The third kappa shape index (κ3) is 4.81. The van der Waals surface area contributed by atoms with Crippen molar-refractivity contribution in [2.45, 2.75) is 0 Å². The third-order valence-electron chi connectivity index (χ3n) is 8.10. The molecule has 1 aliphatic rings. The molecule has 8 aromatic rings. The van der Waals surface area contributed by atoms with Crippen LogP contribution in [0.3, 0.4) is 0 Å². The van der Waals surface area contributed by atoms with Gasteiger partial charge >= 0.3 is 0 Å². The van der Waals surface area contributed by atoms with Gasteiger partial charge in [-0.25, -0.2) is 15.0 Å². The van der Waals surface area contributed by atoms with E-state index in [1.165, 1.54) is 31.3 Å². The van der Waals surface area contributed by atoms with Crippen LogP contribution in [0.5, 0.6) is 0 Å². The van der Waals surface area contributed by atoms with E-state index in [9.17, 15) is 0 Å². The molecule has 1 aliphatic heterocycles. The Kier molecular flexibility index (Phi) is 6.75. The number of aromatic nitrogens is 1. The number of nitrogens with zero attached hydrogens (tertiary/aromatic N) is 3. The molecule has 6 aromatic carbocycles. The van der Waals surface area contributed by atoms with Gasteiger partial charge in [0.05, 0.1) is 0 Å². The molecule has 0 radical (unpaired) electrons. The number of hydrogen-bond donors (Lipinski definition) is 0. The fourth-order valence-electron chi connectivity index (χ4n) is 5.88. The van der Waals surface area contributed by atoms with Crippen LogP contribution in [0, 0.1) is 0 Å². The van der Waals surface area contributed by atoms with Crippen molar-refractivity contribution < 1.29 is 4.42 Å². The monoisotopic (exact) mass is 721 g/mol. The van der Waals surface area contributed by atoms with Gasteiger partial charge in [-0.2, -0.15) is 0 Å². The highest BCUT2D eigenvalue weighted by Gasteiger charge is 2.19. The predicted octanol–water partition coefficient (Wildman–Crippen LogP) is 10.9. The maximum Gasteiger partial charge on any atom is 0.227 e. The van der Waals surface area contributed by atoms with Crippen molar-refractivity contribution in [3.05, 3.63) is 162 Å². The standard InChI is InChI=1S/C40H24IN3OS/c1-4-12-25(13-5-1)37-41-38(44-39(43-37)26-14-6-2-7-15-26)28-22-23-29-31-19-10-20-32(36(31)46-34(29)24-28)30-18-11-21-33-35(30)42-40(45-33)27-16-8-3-9-17-27/h1-24H. The zero-order chi connectivity index (χ0) is 30.5. The minimum Gasteiger partial charge on any atom is -0.436 e. The first-order valence-electron chi connectivity index (χ1n) is 15.0. The van der Waals surface area contributed by atoms with Gasteiger partial charge in [0.2, 0.25) is 5.89 Å². The number of hydrogen-bond acceptors (Lipinski definition) is 5. The second kappa shape index (κ2) is 11.4. The molecule has 3 heterocycles. The molecular weight excluding hydrogens is 697 g/mol. The van der Waals surface area contributed by atoms with Crippen LogP contribution in [0.2, 0.25) is 0 Å². The Hall–Kier alpha value is -5.05. The van der Waals surface area contributed by atoms with Crippen LogP contribution in [-0.2, 0) is 0 Å². The lowest BCUT2D eigenvalue weighted by Crippen LogP contribution is -2.11. The van der Waals surface area contributed by atoms with E-state index < -0.39 is 20.7 Å². The zero-order valence-electron chi connectivity index (χ0n) is 24.4. The van der Waals surface area contributed by atoms with Gasteiger partial charge in [-0.15, -0.1) is 11.3 Å². The van der Waals surface area contributed by atoms with Crippen molar-refractivity contribution in [3.63, 3.8) is 0 Å². The second-order valence-corrected chi connectivity index (χ2v) is 14.6. The van der Waals surface area contributed by atoms with Crippen LogP contribution in [0.25, 0.3) is 53.9 Å². The molecular formula is C40H24IN3OS. The molecule has 9 rings (SSSR count). The third-order valence-corrected chi connectivity index (χ3v) is 12.0. The molecule has 46 heavy (non-hydrogen) atoms. The summed E-state index contributed by atoms with van der Waals surface area (Å²) in [4.78, 5) is 15.2. The molecule has 2 aromatic heterocycles. The van der Waals surface area contributed by atoms with Gasteiger partial charge in [0.1, 0.15) is 12.9 Å². The van der Waals surface area contributed by atoms with Gasteiger partial charge < -0.3 is 4.42 Å². The van der Waals surface area contributed by atoms with Crippen molar-refractivity contribution in [3.8, 4) is 22.6 Å². The van der Waals surface area contributed by atoms with E-state index in [-0.39, 0.29) is 0 Å². The summed E-state index contributed by atoms with van der Waals surface area (Å²) in [6.45, 7) is 0. The molecule has 0 N–H and O–H groups in total. The number of aliphatic imine (C=N–C) groups is 2. The number of fused-ring (bicyclic) bond motifs is 4. The second-order valence-electron chi connectivity index (χ2n) is 11.0. The maximum absolute atomic E-state index is 6.22. The van der Waals surface area contributed by atoms with Crippen molar-refractivity contribution in [2.75, 3.05) is 0 Å². The Balaban J connectivity index is 1.17. The van der Waals surface area contributed by atoms with Gasteiger partial charge in [-0.3, -0.25) is 0 Å². The van der Waals surface area contributed by atoms with Crippen LogP contribution in [0.1, 0.15) is 16.7 Å². The first-order chi connectivity index (χ1) is 22.8. The van der Waals surface area contributed by atoms with Crippen molar-refractivity contribution >= 4 is 76.5 Å². The quantitative estimate of drug-likeness (QED) is 0.166. The van der Waals surface area contributed by atoms with E-state index in [2.05, 4.69) is 91.0 Å². The SMILES string of the molecule is c1ccc(C2=NC(c3ccccc3)=IC(c3ccc4c(c3)sc3c(-c5cccc6oc(-c7ccccc7)nc56)cccc34)=N2)cc1. The van der Waals surface area contributed by atoms with Crippen molar-refractivity contribution in [2.24, 2.45) is 9.98 Å². The van der Waals surface area contributed by atoms with Crippen LogP contribution in [0.15, 0.2) is 160 Å². The minimum atomic E-state index is -0.590. The molecule has 4 nitrogen and oxygen atoms in total.